The fourth-order valence-electron chi connectivity index (χ4n) is 1.86. The molecule has 7 heteroatoms. The van der Waals surface area contributed by atoms with Crippen molar-refractivity contribution < 1.29 is 9.21 Å². The van der Waals surface area contributed by atoms with Crippen LogP contribution >= 0.6 is 50.3 Å². The first-order valence-corrected chi connectivity index (χ1v) is 9.01. The molecule has 0 atom stereocenters. The average molecular weight is 489 g/mol. The van der Waals surface area contributed by atoms with Crippen molar-refractivity contribution in [3.8, 4) is 0 Å². The van der Waals surface area contributed by atoms with E-state index < -0.39 is 0 Å². The number of aliphatic imine (C=N–C) groups is 1. The third kappa shape index (κ3) is 3.64. The molecular formula is C15H10BrIN2O2S. The van der Waals surface area contributed by atoms with Gasteiger partial charge in [0.15, 0.2) is 8.93 Å². The summed E-state index contributed by atoms with van der Waals surface area (Å²) in [5.74, 6) is 0.463. The monoisotopic (exact) mass is 488 g/mol. The van der Waals surface area contributed by atoms with Crippen LogP contribution in [0.1, 0.15) is 11.3 Å². The van der Waals surface area contributed by atoms with Crippen molar-refractivity contribution in [2.45, 2.75) is 6.92 Å². The van der Waals surface area contributed by atoms with E-state index in [2.05, 4.69) is 48.8 Å². The van der Waals surface area contributed by atoms with Gasteiger partial charge in [-0.05, 0) is 58.4 Å². The standard InChI is InChI=1S/C15H10BrIN2O2S/c1-8-3-2-4-9(5-8)18-15-19-14(20)12(22-15)7-10-6-11(16)13(17)21-10/h2-7H,1H3,(H,18,19,20)/b12-7-. The highest BCUT2D eigenvalue weighted by Gasteiger charge is 2.24. The summed E-state index contributed by atoms with van der Waals surface area (Å²) >= 11 is 6.77. The zero-order chi connectivity index (χ0) is 15.7. The number of furan rings is 1. The van der Waals surface area contributed by atoms with Gasteiger partial charge in [-0.15, -0.1) is 0 Å². The van der Waals surface area contributed by atoms with Crippen LogP contribution in [0.25, 0.3) is 6.08 Å². The Labute approximate surface area is 153 Å². The SMILES string of the molecule is Cc1cccc(N=C2NC(=O)/C(=C/c3cc(Br)c(I)o3)S2)c1. The highest BCUT2D eigenvalue weighted by atomic mass is 127. The maximum Gasteiger partial charge on any atom is 0.264 e. The van der Waals surface area contributed by atoms with E-state index in [4.69, 9.17) is 4.42 Å². The number of hydrogen-bond donors (Lipinski definition) is 1. The number of carbonyl (C=O) groups is 1. The molecule has 22 heavy (non-hydrogen) atoms. The van der Waals surface area contributed by atoms with E-state index >= 15 is 0 Å². The quantitative estimate of drug-likeness (QED) is 0.485. The van der Waals surface area contributed by atoms with E-state index in [-0.39, 0.29) is 5.91 Å². The van der Waals surface area contributed by atoms with Crippen LogP contribution in [0.15, 0.2) is 49.1 Å². The lowest BCUT2D eigenvalue weighted by molar-refractivity contribution is -0.115. The molecule has 4 nitrogen and oxygen atoms in total. The minimum Gasteiger partial charge on any atom is -0.450 e. The number of amides is 1. The van der Waals surface area contributed by atoms with Gasteiger partial charge in [-0.25, -0.2) is 4.99 Å². The lowest BCUT2D eigenvalue weighted by Gasteiger charge is -1.97. The third-order valence-corrected chi connectivity index (χ3v) is 5.86. The number of nitrogens with one attached hydrogen (secondary N) is 1. The van der Waals surface area contributed by atoms with Crippen molar-refractivity contribution in [2.75, 3.05) is 0 Å². The summed E-state index contributed by atoms with van der Waals surface area (Å²) in [6.45, 7) is 2.01. The van der Waals surface area contributed by atoms with E-state index in [1.165, 1.54) is 11.8 Å². The molecule has 112 valence electrons. The van der Waals surface area contributed by atoms with Crippen LogP contribution in [0.2, 0.25) is 0 Å². The average Bonchev–Trinajstić information content (AvgIpc) is 2.93. The molecule has 1 N–H and O–H groups in total. The molecule has 3 rings (SSSR count). The van der Waals surface area contributed by atoms with Crippen molar-refractivity contribution in [3.05, 3.63) is 54.8 Å². The van der Waals surface area contributed by atoms with E-state index in [1.807, 2.05) is 37.3 Å². The normalized spacial score (nSPS) is 18.2. The van der Waals surface area contributed by atoms with Gasteiger partial charge in [0.2, 0.25) is 0 Å². The number of amidine groups is 1. The number of halogens is 2. The van der Waals surface area contributed by atoms with E-state index in [1.54, 1.807) is 6.08 Å². The van der Waals surface area contributed by atoms with Crippen LogP contribution < -0.4 is 5.32 Å². The number of rotatable bonds is 2. The zero-order valence-electron chi connectivity index (χ0n) is 11.4. The number of thioether (sulfide) groups is 1. The third-order valence-electron chi connectivity index (χ3n) is 2.82. The molecule has 0 saturated carbocycles. The van der Waals surface area contributed by atoms with Gasteiger partial charge in [-0.2, -0.15) is 0 Å². The molecule has 1 aliphatic rings. The predicted molar refractivity (Wildman–Crippen MR) is 101 cm³/mol. The molecule has 1 aliphatic heterocycles. The smallest absolute Gasteiger partial charge is 0.264 e. The van der Waals surface area contributed by atoms with E-state index in [9.17, 15) is 4.79 Å². The van der Waals surface area contributed by atoms with Crippen molar-refractivity contribution in [2.24, 2.45) is 4.99 Å². The summed E-state index contributed by atoms with van der Waals surface area (Å²) in [7, 11) is 0. The first-order chi connectivity index (χ1) is 10.5. The molecule has 0 unspecified atom stereocenters. The first-order valence-electron chi connectivity index (χ1n) is 6.32. The zero-order valence-corrected chi connectivity index (χ0v) is 16.0. The molecule has 1 saturated heterocycles. The molecule has 0 spiro atoms. The first kappa shape index (κ1) is 15.8. The van der Waals surface area contributed by atoms with Crippen LogP contribution in [0.4, 0.5) is 5.69 Å². The fraction of sp³-hybridized carbons (Fsp3) is 0.0667. The Morgan fingerprint density at radius 3 is 2.91 bits per heavy atom. The fourth-order valence-corrected chi connectivity index (χ4v) is 3.40. The largest absolute Gasteiger partial charge is 0.450 e. The Kier molecular flexibility index (Phi) is 4.74. The highest BCUT2D eigenvalue weighted by molar-refractivity contribution is 14.1. The molecule has 0 radical (unpaired) electrons. The molecule has 0 aliphatic carbocycles. The lowest BCUT2D eigenvalue weighted by atomic mass is 10.2. The molecular weight excluding hydrogens is 479 g/mol. The van der Waals surface area contributed by atoms with Gasteiger partial charge in [0.1, 0.15) is 5.76 Å². The van der Waals surface area contributed by atoms with Crippen molar-refractivity contribution >= 4 is 73.1 Å². The lowest BCUT2D eigenvalue weighted by Crippen LogP contribution is -2.19. The predicted octanol–water partition coefficient (Wildman–Crippen LogP) is 4.85. The summed E-state index contributed by atoms with van der Waals surface area (Å²) in [5, 5.41) is 3.34. The second-order valence-corrected chi connectivity index (χ2v) is 7.46. The summed E-state index contributed by atoms with van der Waals surface area (Å²) in [6, 6.07) is 9.65. The summed E-state index contributed by atoms with van der Waals surface area (Å²) in [6.07, 6.45) is 1.71. The maximum absolute atomic E-state index is 12.0. The van der Waals surface area contributed by atoms with Crippen LogP contribution in [0, 0.1) is 10.7 Å². The van der Waals surface area contributed by atoms with Gasteiger partial charge in [0.25, 0.3) is 5.91 Å². The second-order valence-electron chi connectivity index (χ2n) is 4.59. The van der Waals surface area contributed by atoms with Crippen molar-refractivity contribution in [3.63, 3.8) is 0 Å². The van der Waals surface area contributed by atoms with Crippen LogP contribution in [-0.4, -0.2) is 11.1 Å². The molecule has 1 fully saturated rings. The number of benzene rings is 1. The Bertz CT molecular complexity index is 794. The second kappa shape index (κ2) is 6.59. The Morgan fingerprint density at radius 2 is 2.23 bits per heavy atom. The van der Waals surface area contributed by atoms with Crippen molar-refractivity contribution in [1.82, 2.24) is 5.32 Å². The molecule has 1 aromatic heterocycles. The minimum absolute atomic E-state index is 0.168. The van der Waals surface area contributed by atoms with Gasteiger partial charge in [0.05, 0.1) is 15.1 Å². The minimum atomic E-state index is -0.168. The van der Waals surface area contributed by atoms with Crippen molar-refractivity contribution in [1.29, 1.82) is 0 Å². The molecule has 2 aromatic rings. The molecule has 1 amide bonds. The summed E-state index contributed by atoms with van der Waals surface area (Å²) < 4.78 is 7.15. The highest BCUT2D eigenvalue weighted by Crippen LogP contribution is 2.30. The van der Waals surface area contributed by atoms with Gasteiger partial charge in [-0.3, -0.25) is 4.79 Å². The molecule has 0 bridgehead atoms. The summed E-state index contributed by atoms with van der Waals surface area (Å²) in [5.41, 5.74) is 1.95. The number of carbonyl (C=O) groups excluding carboxylic acids is 1. The van der Waals surface area contributed by atoms with Crippen LogP contribution in [-0.2, 0) is 4.79 Å². The van der Waals surface area contributed by atoms with Gasteiger partial charge >= 0.3 is 0 Å². The van der Waals surface area contributed by atoms with Gasteiger partial charge in [0, 0.05) is 28.7 Å². The number of nitrogens with zero attached hydrogens (tertiary/aromatic N) is 1. The van der Waals surface area contributed by atoms with Crippen LogP contribution in [0.5, 0.6) is 0 Å². The number of aryl methyl sites for hydroxylation is 1. The van der Waals surface area contributed by atoms with Crippen LogP contribution in [0.3, 0.4) is 0 Å². The Morgan fingerprint density at radius 1 is 1.41 bits per heavy atom. The van der Waals surface area contributed by atoms with E-state index in [0.29, 0.717) is 15.8 Å². The maximum atomic E-state index is 12.0. The van der Waals surface area contributed by atoms with Gasteiger partial charge in [-0.1, -0.05) is 12.1 Å². The Balaban J connectivity index is 1.84. The Hall–Kier alpha value is -1.06. The summed E-state index contributed by atoms with van der Waals surface area (Å²) in [4.78, 5) is 17.0. The van der Waals surface area contributed by atoms with E-state index in [0.717, 1.165) is 19.5 Å². The molecule has 2 heterocycles. The van der Waals surface area contributed by atoms with Gasteiger partial charge < -0.3 is 9.73 Å². The molecule has 1 aromatic carbocycles. The number of hydrogen-bond acceptors (Lipinski definition) is 4. The topological polar surface area (TPSA) is 54.6 Å².